The van der Waals surface area contributed by atoms with E-state index < -0.39 is 29.9 Å². The standard InChI is InChI=1S/C29H31N3O4/c1-19-10-16-22(17-11-19)36-24-9-7-6-8-23(24)30-25(33)18-32-26(34)29(5,31-27(32)35)21-14-12-20(13-15-21)28(2,3)4/h6-17H,18H2,1-5H3,(H,30,33)(H,31,35). The Hall–Kier alpha value is -4.13. The summed E-state index contributed by atoms with van der Waals surface area (Å²) in [5, 5.41) is 5.52. The molecule has 3 aromatic rings. The highest BCUT2D eigenvalue weighted by atomic mass is 16.5. The van der Waals surface area contributed by atoms with E-state index in [1.165, 1.54) is 0 Å². The molecule has 36 heavy (non-hydrogen) atoms. The highest BCUT2D eigenvalue weighted by molar-refractivity contribution is 6.10. The zero-order valence-corrected chi connectivity index (χ0v) is 21.2. The van der Waals surface area contributed by atoms with E-state index in [9.17, 15) is 14.4 Å². The van der Waals surface area contributed by atoms with Crippen LogP contribution in [-0.2, 0) is 20.5 Å². The maximum atomic E-state index is 13.3. The number of carbonyl (C=O) groups excluding carboxylic acids is 3. The van der Waals surface area contributed by atoms with E-state index >= 15 is 0 Å². The fourth-order valence-electron chi connectivity index (χ4n) is 4.07. The van der Waals surface area contributed by atoms with Gasteiger partial charge in [0.25, 0.3) is 5.91 Å². The molecule has 2 N–H and O–H groups in total. The highest BCUT2D eigenvalue weighted by Gasteiger charge is 2.49. The lowest BCUT2D eigenvalue weighted by molar-refractivity contribution is -0.133. The number of imide groups is 1. The van der Waals surface area contributed by atoms with E-state index in [4.69, 9.17) is 4.74 Å². The summed E-state index contributed by atoms with van der Waals surface area (Å²) in [6.07, 6.45) is 0. The normalized spacial score (nSPS) is 17.6. The van der Waals surface area contributed by atoms with E-state index in [0.717, 1.165) is 16.0 Å². The SMILES string of the molecule is Cc1ccc(Oc2ccccc2NC(=O)CN2C(=O)NC(C)(c3ccc(C(C)(C)C)cc3)C2=O)cc1. The topological polar surface area (TPSA) is 87.7 Å². The first-order chi connectivity index (χ1) is 17.0. The van der Waals surface area contributed by atoms with Crippen LogP contribution in [0.4, 0.5) is 10.5 Å². The second-order valence-corrected chi connectivity index (χ2v) is 10.2. The van der Waals surface area contributed by atoms with Crippen LogP contribution in [0.5, 0.6) is 11.5 Å². The average Bonchev–Trinajstić information content (AvgIpc) is 3.05. The molecule has 1 heterocycles. The van der Waals surface area contributed by atoms with Crippen LogP contribution in [-0.4, -0.2) is 29.3 Å². The lowest BCUT2D eigenvalue weighted by Crippen LogP contribution is -2.42. The minimum absolute atomic E-state index is 0.0358. The predicted octanol–water partition coefficient (Wildman–Crippen LogP) is 5.49. The Morgan fingerprint density at radius 2 is 1.61 bits per heavy atom. The van der Waals surface area contributed by atoms with Crippen molar-refractivity contribution in [1.29, 1.82) is 0 Å². The van der Waals surface area contributed by atoms with Gasteiger partial charge in [0.1, 0.15) is 17.8 Å². The molecule has 7 heteroatoms. The maximum Gasteiger partial charge on any atom is 0.325 e. The molecule has 7 nitrogen and oxygen atoms in total. The van der Waals surface area contributed by atoms with Crippen LogP contribution in [0.25, 0.3) is 0 Å². The number of rotatable bonds is 6. The van der Waals surface area contributed by atoms with Crippen molar-refractivity contribution < 1.29 is 19.1 Å². The number of aryl methyl sites for hydroxylation is 1. The number of anilines is 1. The van der Waals surface area contributed by atoms with Gasteiger partial charge in [0.2, 0.25) is 5.91 Å². The third kappa shape index (κ3) is 5.10. The first kappa shape index (κ1) is 25.0. The summed E-state index contributed by atoms with van der Waals surface area (Å²) in [5.41, 5.74) is 2.04. The first-order valence-electron chi connectivity index (χ1n) is 11.9. The fourth-order valence-corrected chi connectivity index (χ4v) is 4.07. The van der Waals surface area contributed by atoms with Crippen molar-refractivity contribution in [2.45, 2.75) is 45.6 Å². The van der Waals surface area contributed by atoms with Crippen LogP contribution in [0.3, 0.4) is 0 Å². The van der Waals surface area contributed by atoms with Crippen molar-refractivity contribution in [3.05, 3.63) is 89.5 Å². The van der Waals surface area contributed by atoms with E-state index in [1.54, 1.807) is 31.2 Å². The molecule has 1 atom stereocenters. The van der Waals surface area contributed by atoms with Gasteiger partial charge in [-0.25, -0.2) is 4.79 Å². The molecule has 4 amide bonds. The van der Waals surface area contributed by atoms with E-state index in [2.05, 4.69) is 31.4 Å². The van der Waals surface area contributed by atoms with E-state index in [0.29, 0.717) is 22.7 Å². The fraction of sp³-hybridized carbons (Fsp3) is 0.276. The molecule has 1 aliphatic rings. The van der Waals surface area contributed by atoms with Gasteiger partial charge in [-0.2, -0.15) is 0 Å². The molecule has 0 radical (unpaired) electrons. The quantitative estimate of drug-likeness (QED) is 0.452. The Labute approximate surface area is 211 Å². The molecule has 3 aromatic carbocycles. The largest absolute Gasteiger partial charge is 0.455 e. The monoisotopic (exact) mass is 485 g/mol. The molecule has 4 rings (SSSR count). The number of benzene rings is 3. The number of urea groups is 1. The Morgan fingerprint density at radius 3 is 2.25 bits per heavy atom. The third-order valence-electron chi connectivity index (χ3n) is 6.31. The molecule has 0 bridgehead atoms. The summed E-state index contributed by atoms with van der Waals surface area (Å²) in [4.78, 5) is 39.8. The Bertz CT molecular complexity index is 1290. The maximum absolute atomic E-state index is 13.3. The number of nitrogens with one attached hydrogen (secondary N) is 2. The molecule has 0 aromatic heterocycles. The van der Waals surface area contributed by atoms with E-state index in [-0.39, 0.29) is 5.41 Å². The van der Waals surface area contributed by atoms with Crippen LogP contribution < -0.4 is 15.4 Å². The van der Waals surface area contributed by atoms with Crippen LogP contribution in [0.1, 0.15) is 44.4 Å². The number of carbonyl (C=O) groups is 3. The summed E-state index contributed by atoms with van der Waals surface area (Å²) in [6.45, 7) is 9.55. The first-order valence-corrected chi connectivity index (χ1v) is 11.9. The smallest absolute Gasteiger partial charge is 0.325 e. The van der Waals surface area contributed by atoms with Crippen molar-refractivity contribution in [2.75, 3.05) is 11.9 Å². The molecule has 1 saturated heterocycles. The van der Waals surface area contributed by atoms with Crippen molar-refractivity contribution in [3.8, 4) is 11.5 Å². The van der Waals surface area contributed by atoms with Crippen molar-refractivity contribution in [3.63, 3.8) is 0 Å². The zero-order chi connectivity index (χ0) is 26.1. The number of para-hydroxylation sites is 2. The highest BCUT2D eigenvalue weighted by Crippen LogP contribution is 2.32. The number of amides is 4. The van der Waals surface area contributed by atoms with E-state index in [1.807, 2.05) is 55.5 Å². The molecule has 1 aliphatic heterocycles. The van der Waals surface area contributed by atoms with Gasteiger partial charge >= 0.3 is 6.03 Å². The summed E-state index contributed by atoms with van der Waals surface area (Å²) >= 11 is 0. The van der Waals surface area contributed by atoms with Crippen molar-refractivity contribution >= 4 is 23.5 Å². The van der Waals surface area contributed by atoms with Gasteiger partial charge in [0.15, 0.2) is 5.75 Å². The summed E-state index contributed by atoms with van der Waals surface area (Å²) in [6, 6.07) is 21.6. The van der Waals surface area contributed by atoms with Gasteiger partial charge in [0, 0.05) is 0 Å². The van der Waals surface area contributed by atoms with Crippen LogP contribution >= 0.6 is 0 Å². The molecular weight excluding hydrogens is 454 g/mol. The molecule has 0 saturated carbocycles. The predicted molar refractivity (Wildman–Crippen MR) is 139 cm³/mol. The Kier molecular flexibility index (Phi) is 6.59. The molecule has 1 fully saturated rings. The zero-order valence-electron chi connectivity index (χ0n) is 21.2. The lowest BCUT2D eigenvalue weighted by Gasteiger charge is -2.24. The Morgan fingerprint density at radius 1 is 0.972 bits per heavy atom. The van der Waals surface area contributed by atoms with Crippen LogP contribution in [0, 0.1) is 6.92 Å². The Balaban J connectivity index is 1.47. The minimum atomic E-state index is -1.25. The van der Waals surface area contributed by atoms with Crippen LogP contribution in [0.2, 0.25) is 0 Å². The van der Waals surface area contributed by atoms with Gasteiger partial charge in [0.05, 0.1) is 5.69 Å². The molecule has 0 aliphatic carbocycles. The number of hydrogen-bond acceptors (Lipinski definition) is 4. The van der Waals surface area contributed by atoms with Gasteiger partial charge in [-0.05, 0) is 54.7 Å². The molecule has 1 unspecified atom stereocenters. The van der Waals surface area contributed by atoms with Gasteiger partial charge in [-0.1, -0.05) is 74.9 Å². The minimum Gasteiger partial charge on any atom is -0.455 e. The lowest BCUT2D eigenvalue weighted by atomic mass is 9.84. The van der Waals surface area contributed by atoms with Crippen LogP contribution in [0.15, 0.2) is 72.8 Å². The summed E-state index contributed by atoms with van der Waals surface area (Å²) < 4.78 is 5.93. The van der Waals surface area contributed by atoms with Gasteiger partial charge in [-0.3, -0.25) is 14.5 Å². The third-order valence-corrected chi connectivity index (χ3v) is 6.31. The van der Waals surface area contributed by atoms with Crippen molar-refractivity contribution in [2.24, 2.45) is 0 Å². The second-order valence-electron chi connectivity index (χ2n) is 10.2. The van der Waals surface area contributed by atoms with Crippen molar-refractivity contribution in [1.82, 2.24) is 10.2 Å². The number of ether oxygens (including phenoxy) is 1. The molecular formula is C29H31N3O4. The summed E-state index contributed by atoms with van der Waals surface area (Å²) in [5.74, 6) is 0.0986. The number of nitrogens with zero attached hydrogens (tertiary/aromatic N) is 1. The van der Waals surface area contributed by atoms with Gasteiger partial charge < -0.3 is 15.4 Å². The molecule has 186 valence electrons. The molecule has 0 spiro atoms. The number of hydrogen-bond donors (Lipinski definition) is 2. The second kappa shape index (κ2) is 9.49. The summed E-state index contributed by atoms with van der Waals surface area (Å²) in [7, 11) is 0. The van der Waals surface area contributed by atoms with Gasteiger partial charge in [-0.15, -0.1) is 0 Å². The average molecular weight is 486 g/mol.